The molecule has 0 spiro atoms. The van der Waals surface area contributed by atoms with Gasteiger partial charge in [-0.25, -0.2) is 8.42 Å². The molecule has 4 aliphatic rings. The highest BCUT2D eigenvalue weighted by Crippen LogP contribution is 2.68. The maximum Gasteiger partial charge on any atom is 0.417 e. The lowest BCUT2D eigenvalue weighted by molar-refractivity contribution is -0.271. The number of allylic oxidation sites excluding steroid dienone is 1. The summed E-state index contributed by atoms with van der Waals surface area (Å²) in [5.74, 6) is 0.952. The Morgan fingerprint density at radius 3 is 2.26 bits per heavy atom. The van der Waals surface area contributed by atoms with Crippen molar-refractivity contribution in [3.05, 3.63) is 42.0 Å². The molecule has 8 heteroatoms. The second-order valence-corrected chi connectivity index (χ2v) is 17.2. The number of aliphatic hydroxyl groups is 2. The number of fused-ring (bicyclic) bond motifs is 5. The zero-order valence-corrected chi connectivity index (χ0v) is 26.5. The fourth-order valence-electron chi connectivity index (χ4n) is 9.97. The lowest BCUT2D eigenvalue weighted by Gasteiger charge is -2.59. The van der Waals surface area contributed by atoms with Crippen molar-refractivity contribution >= 4 is 9.84 Å². The highest BCUT2D eigenvalue weighted by atomic mass is 32.2. The molecule has 3 fully saturated rings. The van der Waals surface area contributed by atoms with Crippen molar-refractivity contribution in [3.63, 3.8) is 0 Å². The first-order chi connectivity index (χ1) is 19.5. The van der Waals surface area contributed by atoms with Crippen LogP contribution in [0.15, 0.2) is 46.9 Å². The van der Waals surface area contributed by atoms with Crippen molar-refractivity contribution < 1.29 is 31.8 Å². The Kier molecular flexibility index (Phi) is 8.31. The van der Waals surface area contributed by atoms with Crippen LogP contribution in [0.3, 0.4) is 0 Å². The van der Waals surface area contributed by atoms with Crippen LogP contribution in [-0.2, 0) is 9.84 Å². The van der Waals surface area contributed by atoms with Crippen LogP contribution in [0.2, 0.25) is 0 Å². The fourth-order valence-corrected chi connectivity index (χ4v) is 12.1. The van der Waals surface area contributed by atoms with E-state index in [4.69, 9.17) is 0 Å². The van der Waals surface area contributed by atoms with Crippen LogP contribution < -0.4 is 0 Å². The maximum atomic E-state index is 14.1. The summed E-state index contributed by atoms with van der Waals surface area (Å²) in [6.45, 7) is 10.4. The lowest BCUT2D eigenvalue weighted by atomic mass is 9.46. The summed E-state index contributed by atoms with van der Waals surface area (Å²) in [5.41, 5.74) is -2.27. The van der Waals surface area contributed by atoms with Gasteiger partial charge < -0.3 is 10.2 Å². The molecule has 0 saturated heterocycles. The van der Waals surface area contributed by atoms with Gasteiger partial charge in [-0.15, -0.1) is 0 Å². The zero-order valence-electron chi connectivity index (χ0n) is 25.7. The first kappa shape index (κ1) is 32.0. The SMILES string of the molecule is CC(C)C(O)CC([C@H](C)[C@@H]1CC[C@H]2[C@@H]3CC=C4C[C@](O)(C(F)(F)F)CC[C@]4(C)[C@H]3CC[C@@]21C)S(=O)(=O)c1ccccc1. The van der Waals surface area contributed by atoms with Gasteiger partial charge in [-0.3, -0.25) is 0 Å². The van der Waals surface area contributed by atoms with Gasteiger partial charge in [-0.05, 0) is 110 Å². The number of aliphatic hydroxyl groups excluding tert-OH is 1. The normalized spacial score (nSPS) is 39.1. The van der Waals surface area contributed by atoms with Crippen LogP contribution in [-0.4, -0.2) is 41.8 Å². The minimum atomic E-state index is -4.63. The second-order valence-electron chi connectivity index (χ2n) is 15.0. The first-order valence-corrected chi connectivity index (χ1v) is 17.5. The summed E-state index contributed by atoms with van der Waals surface area (Å²) in [6, 6.07) is 8.60. The smallest absolute Gasteiger partial charge is 0.393 e. The van der Waals surface area contributed by atoms with Crippen molar-refractivity contribution in [1.29, 1.82) is 0 Å². The minimum absolute atomic E-state index is 0.0533. The van der Waals surface area contributed by atoms with Crippen molar-refractivity contribution in [2.75, 3.05) is 0 Å². The predicted molar refractivity (Wildman–Crippen MR) is 158 cm³/mol. The van der Waals surface area contributed by atoms with E-state index in [1.54, 1.807) is 24.3 Å². The van der Waals surface area contributed by atoms with Crippen LogP contribution in [0.1, 0.15) is 92.4 Å². The second kappa shape index (κ2) is 10.9. The molecule has 42 heavy (non-hydrogen) atoms. The number of alkyl halides is 3. The molecule has 236 valence electrons. The van der Waals surface area contributed by atoms with E-state index in [0.29, 0.717) is 23.2 Å². The molecule has 1 aromatic carbocycles. The molecule has 0 bridgehead atoms. The molecule has 2 N–H and O–H groups in total. The molecule has 10 atom stereocenters. The van der Waals surface area contributed by atoms with Crippen LogP contribution in [0.5, 0.6) is 0 Å². The predicted octanol–water partition coefficient (Wildman–Crippen LogP) is 7.74. The Bertz CT molecular complexity index is 1280. The van der Waals surface area contributed by atoms with Gasteiger partial charge >= 0.3 is 6.18 Å². The standard InChI is InChI=1S/C34H49F3O4S/c1-21(2)29(38)19-30(42(40,41)24-9-7-6-8-10-24)22(3)26-13-14-27-25-12-11-23-20-33(39,34(35,36)37)18-17-31(23,4)28(25)15-16-32(26,27)5/h6-11,21-22,25-30,38-39H,12-20H2,1-5H3/t22-,25+,26+,27+,28+,29?,30?,31+,32-,33+/m1/s1. The first-order valence-electron chi connectivity index (χ1n) is 15.9. The quantitative estimate of drug-likeness (QED) is 0.310. The van der Waals surface area contributed by atoms with Crippen LogP contribution in [0.25, 0.3) is 0 Å². The molecular weight excluding hydrogens is 561 g/mol. The minimum Gasteiger partial charge on any atom is -0.393 e. The average Bonchev–Trinajstić information content (AvgIpc) is 3.28. The van der Waals surface area contributed by atoms with Gasteiger partial charge in [0.1, 0.15) is 0 Å². The monoisotopic (exact) mass is 610 g/mol. The largest absolute Gasteiger partial charge is 0.417 e. The van der Waals surface area contributed by atoms with E-state index in [0.717, 1.165) is 37.7 Å². The Morgan fingerprint density at radius 2 is 1.64 bits per heavy atom. The molecular formula is C34H49F3O4S. The molecule has 0 aliphatic heterocycles. The Balaban J connectivity index is 1.43. The number of rotatable bonds is 7. The highest BCUT2D eigenvalue weighted by Gasteiger charge is 2.64. The number of halogens is 3. The lowest BCUT2D eigenvalue weighted by Crippen LogP contribution is -2.56. The van der Waals surface area contributed by atoms with Crippen molar-refractivity contribution in [3.8, 4) is 0 Å². The Morgan fingerprint density at radius 1 is 0.976 bits per heavy atom. The van der Waals surface area contributed by atoms with Gasteiger partial charge in [-0.2, -0.15) is 13.2 Å². The average molecular weight is 611 g/mol. The van der Waals surface area contributed by atoms with Crippen molar-refractivity contribution in [2.24, 2.45) is 46.3 Å². The molecule has 5 rings (SSSR count). The molecule has 4 nitrogen and oxygen atoms in total. The maximum absolute atomic E-state index is 14.1. The number of hydrogen-bond acceptors (Lipinski definition) is 4. The third kappa shape index (κ3) is 5.09. The molecule has 0 amide bonds. The van der Waals surface area contributed by atoms with Crippen LogP contribution in [0, 0.1) is 46.3 Å². The van der Waals surface area contributed by atoms with Crippen molar-refractivity contribution in [1.82, 2.24) is 0 Å². The molecule has 1 aromatic rings. The van der Waals surface area contributed by atoms with Gasteiger partial charge in [-0.1, -0.05) is 64.5 Å². The Hall–Kier alpha value is -1.38. The fraction of sp³-hybridized carbons (Fsp3) is 0.765. The van der Waals surface area contributed by atoms with Gasteiger partial charge in [0, 0.05) is 6.42 Å². The molecule has 0 heterocycles. The molecule has 0 aromatic heterocycles. The van der Waals surface area contributed by atoms with Crippen LogP contribution >= 0.6 is 0 Å². The van der Waals surface area contributed by atoms with E-state index < -0.39 is 33.0 Å². The third-order valence-electron chi connectivity index (χ3n) is 12.7. The van der Waals surface area contributed by atoms with E-state index in [9.17, 15) is 31.8 Å². The molecule has 3 saturated carbocycles. The summed E-state index contributed by atoms with van der Waals surface area (Å²) >= 11 is 0. The third-order valence-corrected chi connectivity index (χ3v) is 15.1. The van der Waals surface area contributed by atoms with E-state index >= 15 is 0 Å². The highest BCUT2D eigenvalue weighted by molar-refractivity contribution is 7.92. The van der Waals surface area contributed by atoms with Gasteiger partial charge in [0.2, 0.25) is 0 Å². The number of sulfone groups is 1. The van der Waals surface area contributed by atoms with Crippen molar-refractivity contribution in [2.45, 2.75) is 120 Å². The van der Waals surface area contributed by atoms with Crippen LogP contribution in [0.4, 0.5) is 13.2 Å². The van der Waals surface area contributed by atoms with E-state index in [-0.39, 0.29) is 53.8 Å². The zero-order chi connectivity index (χ0) is 30.9. The van der Waals surface area contributed by atoms with Gasteiger partial charge in [0.05, 0.1) is 16.2 Å². The molecule has 4 aliphatic carbocycles. The molecule has 2 unspecified atom stereocenters. The summed E-state index contributed by atoms with van der Waals surface area (Å²) in [6.07, 6.45) is 1.08. The summed E-state index contributed by atoms with van der Waals surface area (Å²) < 4.78 is 69.4. The van der Waals surface area contributed by atoms with E-state index in [1.807, 2.05) is 26.0 Å². The van der Waals surface area contributed by atoms with E-state index in [2.05, 4.69) is 20.8 Å². The van der Waals surface area contributed by atoms with E-state index in [1.165, 1.54) is 0 Å². The summed E-state index contributed by atoms with van der Waals surface area (Å²) in [4.78, 5) is 0.301. The van der Waals surface area contributed by atoms with Gasteiger partial charge in [0.25, 0.3) is 0 Å². The number of hydrogen-bond donors (Lipinski definition) is 2. The summed E-state index contributed by atoms with van der Waals surface area (Å²) in [5, 5.41) is 20.7. The van der Waals surface area contributed by atoms with Gasteiger partial charge in [0.15, 0.2) is 15.4 Å². The molecule has 0 radical (unpaired) electrons. The Labute approximate surface area is 250 Å². The number of benzene rings is 1. The topological polar surface area (TPSA) is 74.6 Å². The summed E-state index contributed by atoms with van der Waals surface area (Å²) in [7, 11) is -3.69.